The second kappa shape index (κ2) is 8.45. The van der Waals surface area contributed by atoms with Gasteiger partial charge in [0.15, 0.2) is 0 Å². The van der Waals surface area contributed by atoms with Gasteiger partial charge < -0.3 is 4.74 Å². The Labute approximate surface area is 156 Å². The first kappa shape index (κ1) is 17.9. The topological polar surface area (TPSA) is 76.2 Å². The van der Waals surface area contributed by atoms with Gasteiger partial charge in [-0.2, -0.15) is 5.26 Å². The molecule has 5 nitrogen and oxygen atoms in total. The van der Waals surface area contributed by atoms with E-state index in [0.717, 1.165) is 11.1 Å². The number of nitro groups is 1. The molecule has 3 aromatic rings. The van der Waals surface area contributed by atoms with Gasteiger partial charge >= 0.3 is 0 Å². The molecule has 0 fully saturated rings. The zero-order valence-corrected chi connectivity index (χ0v) is 14.4. The monoisotopic (exact) mass is 356 g/mol. The molecule has 5 heteroatoms. The van der Waals surface area contributed by atoms with Gasteiger partial charge in [0, 0.05) is 12.1 Å². The molecule has 0 aliphatic rings. The Morgan fingerprint density at radius 3 is 2.44 bits per heavy atom. The predicted octanol–water partition coefficient (Wildman–Crippen LogP) is 5.24. The Hall–Kier alpha value is -3.91. The zero-order chi connectivity index (χ0) is 19.1. The molecule has 0 amide bonds. The van der Waals surface area contributed by atoms with Crippen LogP contribution in [0.15, 0.2) is 78.9 Å². The molecule has 0 bridgehead atoms. The maximum atomic E-state index is 10.8. The first-order valence-electron chi connectivity index (χ1n) is 8.29. The van der Waals surface area contributed by atoms with Crippen LogP contribution in [0.25, 0.3) is 11.6 Å². The summed E-state index contributed by atoms with van der Waals surface area (Å²) in [7, 11) is 0. The molecule has 0 N–H and O–H groups in total. The number of hydrogen-bond acceptors (Lipinski definition) is 4. The van der Waals surface area contributed by atoms with Gasteiger partial charge in [0.1, 0.15) is 12.4 Å². The highest BCUT2D eigenvalue weighted by Crippen LogP contribution is 2.23. The molecule has 0 saturated carbocycles. The third-order valence-corrected chi connectivity index (χ3v) is 3.93. The van der Waals surface area contributed by atoms with Gasteiger partial charge in [-0.05, 0) is 47.0 Å². The van der Waals surface area contributed by atoms with Crippen molar-refractivity contribution in [2.75, 3.05) is 0 Å². The molecule has 0 spiro atoms. The Kier molecular flexibility index (Phi) is 5.60. The lowest BCUT2D eigenvalue weighted by atomic mass is 10.0. The van der Waals surface area contributed by atoms with Crippen molar-refractivity contribution in [1.29, 1.82) is 5.26 Å². The number of hydrogen-bond donors (Lipinski definition) is 0. The van der Waals surface area contributed by atoms with E-state index in [2.05, 4.69) is 6.07 Å². The van der Waals surface area contributed by atoms with E-state index in [9.17, 15) is 15.4 Å². The maximum absolute atomic E-state index is 10.8. The molecular formula is C22H16N2O3. The van der Waals surface area contributed by atoms with E-state index in [1.54, 1.807) is 18.2 Å². The molecule has 3 rings (SSSR count). The van der Waals surface area contributed by atoms with E-state index < -0.39 is 4.92 Å². The highest BCUT2D eigenvalue weighted by atomic mass is 16.6. The molecule has 0 heterocycles. The second-order valence-corrected chi connectivity index (χ2v) is 5.82. The molecule has 0 unspecified atom stereocenters. The quantitative estimate of drug-likeness (QED) is 0.262. The number of ether oxygens (including phenoxy) is 1. The van der Waals surface area contributed by atoms with Crippen LogP contribution in [0.2, 0.25) is 0 Å². The summed E-state index contributed by atoms with van der Waals surface area (Å²) in [6.45, 7) is 0.460. The molecule has 3 aromatic carbocycles. The Morgan fingerprint density at radius 1 is 1.04 bits per heavy atom. The normalized spacial score (nSPS) is 10.9. The molecule has 0 aliphatic carbocycles. The summed E-state index contributed by atoms with van der Waals surface area (Å²) in [5.41, 5.74) is 2.92. The Balaban J connectivity index is 1.78. The summed E-state index contributed by atoms with van der Waals surface area (Å²) in [4.78, 5) is 10.3. The van der Waals surface area contributed by atoms with E-state index >= 15 is 0 Å². The number of allylic oxidation sites excluding steroid dienone is 1. The summed E-state index contributed by atoms with van der Waals surface area (Å²) in [5.74, 6) is 0.702. The van der Waals surface area contributed by atoms with Crippen molar-refractivity contribution in [2.24, 2.45) is 0 Å². The number of nitro benzene ring substituents is 1. The van der Waals surface area contributed by atoms with Crippen molar-refractivity contribution in [3.8, 4) is 11.8 Å². The molecule has 132 valence electrons. The number of benzene rings is 3. The minimum atomic E-state index is -0.465. The summed E-state index contributed by atoms with van der Waals surface area (Å²) in [6, 6.07) is 25.4. The Morgan fingerprint density at radius 2 is 1.78 bits per heavy atom. The Bertz CT molecular complexity index is 1000. The van der Waals surface area contributed by atoms with Gasteiger partial charge in [-0.15, -0.1) is 0 Å². The second-order valence-electron chi connectivity index (χ2n) is 5.82. The highest BCUT2D eigenvalue weighted by molar-refractivity contribution is 5.89. The van der Waals surface area contributed by atoms with Crippen molar-refractivity contribution in [1.82, 2.24) is 0 Å². The standard InChI is InChI=1S/C22H16N2O3/c23-15-20(19-9-11-21(12-10-19)24(25)26)13-18-7-4-8-22(14-18)27-16-17-5-2-1-3-6-17/h1-14H,16H2/b20-13-. The summed E-state index contributed by atoms with van der Waals surface area (Å²) in [5, 5.41) is 20.2. The lowest BCUT2D eigenvalue weighted by Gasteiger charge is -2.07. The largest absolute Gasteiger partial charge is 0.489 e. The van der Waals surface area contributed by atoms with E-state index in [1.807, 2.05) is 54.6 Å². The molecule has 0 radical (unpaired) electrons. The summed E-state index contributed by atoms with van der Waals surface area (Å²) in [6.07, 6.45) is 1.73. The first-order valence-corrected chi connectivity index (χ1v) is 8.29. The van der Waals surface area contributed by atoms with E-state index in [1.165, 1.54) is 12.1 Å². The number of non-ortho nitro benzene ring substituents is 1. The van der Waals surface area contributed by atoms with Crippen LogP contribution in [-0.2, 0) is 6.61 Å². The molecular weight excluding hydrogens is 340 g/mol. The van der Waals surface area contributed by atoms with Crippen LogP contribution in [0.1, 0.15) is 16.7 Å². The summed E-state index contributed by atoms with van der Waals surface area (Å²) < 4.78 is 5.81. The SMILES string of the molecule is N#C/C(=C/c1cccc(OCc2ccccc2)c1)c1ccc([N+](=O)[O-])cc1. The van der Waals surface area contributed by atoms with Crippen molar-refractivity contribution in [2.45, 2.75) is 6.61 Å². The van der Waals surface area contributed by atoms with Crippen LogP contribution in [-0.4, -0.2) is 4.92 Å². The molecule has 0 aliphatic heterocycles. The minimum Gasteiger partial charge on any atom is -0.489 e. The average molecular weight is 356 g/mol. The fourth-order valence-electron chi connectivity index (χ4n) is 2.54. The van der Waals surface area contributed by atoms with Crippen molar-refractivity contribution in [3.05, 3.63) is 106 Å². The third-order valence-electron chi connectivity index (χ3n) is 3.93. The van der Waals surface area contributed by atoms with Gasteiger partial charge in [0.05, 0.1) is 16.6 Å². The molecule has 0 atom stereocenters. The van der Waals surface area contributed by atoms with Gasteiger partial charge in [-0.1, -0.05) is 42.5 Å². The van der Waals surface area contributed by atoms with Crippen molar-refractivity contribution in [3.63, 3.8) is 0 Å². The van der Waals surface area contributed by atoms with Crippen molar-refractivity contribution < 1.29 is 9.66 Å². The lowest BCUT2D eigenvalue weighted by molar-refractivity contribution is -0.384. The van der Waals surface area contributed by atoms with Crippen LogP contribution in [0.5, 0.6) is 5.75 Å². The molecule has 27 heavy (non-hydrogen) atoms. The van der Waals surface area contributed by atoms with Gasteiger partial charge in [0.2, 0.25) is 0 Å². The van der Waals surface area contributed by atoms with E-state index in [-0.39, 0.29) is 5.69 Å². The smallest absolute Gasteiger partial charge is 0.269 e. The molecule has 0 saturated heterocycles. The fourth-order valence-corrected chi connectivity index (χ4v) is 2.54. The van der Waals surface area contributed by atoms with Gasteiger partial charge in [0.25, 0.3) is 5.69 Å². The summed E-state index contributed by atoms with van der Waals surface area (Å²) >= 11 is 0. The number of nitrogens with zero attached hydrogens (tertiary/aromatic N) is 2. The predicted molar refractivity (Wildman–Crippen MR) is 104 cm³/mol. The number of nitriles is 1. The van der Waals surface area contributed by atoms with Crippen molar-refractivity contribution >= 4 is 17.3 Å². The molecule has 0 aromatic heterocycles. The van der Waals surface area contributed by atoms with Gasteiger partial charge in [-0.3, -0.25) is 10.1 Å². The third kappa shape index (κ3) is 4.80. The average Bonchev–Trinajstić information content (AvgIpc) is 2.71. The van der Waals surface area contributed by atoms with Crippen LogP contribution < -0.4 is 4.74 Å². The highest BCUT2D eigenvalue weighted by Gasteiger charge is 2.07. The van der Waals surface area contributed by atoms with Crippen LogP contribution in [0.3, 0.4) is 0 Å². The van der Waals surface area contributed by atoms with E-state index in [0.29, 0.717) is 23.5 Å². The zero-order valence-electron chi connectivity index (χ0n) is 14.4. The number of rotatable bonds is 6. The lowest BCUT2D eigenvalue weighted by Crippen LogP contribution is -1.95. The van der Waals surface area contributed by atoms with Crippen LogP contribution >= 0.6 is 0 Å². The minimum absolute atomic E-state index is 0.00708. The first-order chi connectivity index (χ1) is 13.2. The van der Waals surface area contributed by atoms with Gasteiger partial charge in [-0.25, -0.2) is 0 Å². The van der Waals surface area contributed by atoms with Crippen LogP contribution in [0.4, 0.5) is 5.69 Å². The van der Waals surface area contributed by atoms with Crippen LogP contribution in [0, 0.1) is 21.4 Å². The fraction of sp³-hybridized carbons (Fsp3) is 0.0455. The van der Waals surface area contributed by atoms with E-state index in [4.69, 9.17) is 4.74 Å². The maximum Gasteiger partial charge on any atom is 0.269 e.